The van der Waals surface area contributed by atoms with Crippen molar-refractivity contribution in [1.82, 2.24) is 25.3 Å². The topological polar surface area (TPSA) is 164 Å². The number of nitrogens with two attached hydrogens (primary N) is 1. The lowest BCUT2D eigenvalue weighted by Gasteiger charge is -1.98. The minimum absolute atomic E-state index is 0.0211. The smallest absolute Gasteiger partial charge is 0.270 e. The summed E-state index contributed by atoms with van der Waals surface area (Å²) in [6.07, 6.45) is 1.41. The van der Waals surface area contributed by atoms with Crippen LogP contribution in [0.5, 0.6) is 0 Å². The zero-order valence-corrected chi connectivity index (χ0v) is 13.8. The van der Waals surface area contributed by atoms with E-state index in [9.17, 15) is 10.1 Å². The Morgan fingerprint density at radius 3 is 2.92 bits per heavy atom. The van der Waals surface area contributed by atoms with Crippen molar-refractivity contribution >= 4 is 23.4 Å². The molecule has 3 aromatic rings. The Balaban J connectivity index is 1.83. The molecule has 0 bridgehead atoms. The van der Waals surface area contributed by atoms with Gasteiger partial charge >= 0.3 is 0 Å². The van der Waals surface area contributed by atoms with E-state index in [1.807, 2.05) is 0 Å². The lowest BCUT2D eigenvalue weighted by molar-refractivity contribution is -0.384. The van der Waals surface area contributed by atoms with Crippen LogP contribution in [-0.4, -0.2) is 42.2 Å². The average molecular weight is 355 g/mol. The SMILES string of the molecule is CC(=NN=Cc1cccc([N+](=O)[O-])c1)c1nnn(-c2nonc2N)c1C. The van der Waals surface area contributed by atoms with Crippen molar-refractivity contribution in [3.05, 3.63) is 51.3 Å². The molecule has 12 nitrogen and oxygen atoms in total. The minimum Gasteiger partial charge on any atom is -0.378 e. The number of nitrogen functional groups attached to an aromatic ring is 1. The molecule has 0 radical (unpaired) electrons. The normalized spacial score (nSPS) is 12.0. The summed E-state index contributed by atoms with van der Waals surface area (Å²) in [5.41, 5.74) is 7.78. The van der Waals surface area contributed by atoms with Gasteiger partial charge in [-0.15, -0.1) is 5.10 Å². The minimum atomic E-state index is -0.474. The maximum absolute atomic E-state index is 10.8. The first-order valence-electron chi connectivity index (χ1n) is 7.30. The Hall–Kier alpha value is -3.96. The van der Waals surface area contributed by atoms with Crippen LogP contribution in [0, 0.1) is 17.0 Å². The molecule has 12 heteroatoms. The van der Waals surface area contributed by atoms with E-state index in [1.165, 1.54) is 23.0 Å². The van der Waals surface area contributed by atoms with Crippen LogP contribution in [0.25, 0.3) is 5.82 Å². The molecule has 2 heterocycles. The summed E-state index contributed by atoms with van der Waals surface area (Å²) < 4.78 is 5.93. The van der Waals surface area contributed by atoms with Gasteiger partial charge in [-0.1, -0.05) is 17.3 Å². The summed E-state index contributed by atoms with van der Waals surface area (Å²) >= 11 is 0. The molecule has 0 aliphatic heterocycles. The molecule has 2 N–H and O–H groups in total. The van der Waals surface area contributed by atoms with Crippen LogP contribution >= 0.6 is 0 Å². The second kappa shape index (κ2) is 6.88. The number of nitro benzene ring substituents is 1. The van der Waals surface area contributed by atoms with Gasteiger partial charge in [0.15, 0.2) is 0 Å². The Bertz CT molecular complexity index is 1020. The van der Waals surface area contributed by atoms with Crippen molar-refractivity contribution in [3.8, 4) is 5.82 Å². The summed E-state index contributed by atoms with van der Waals surface area (Å²) in [5, 5.41) is 33.9. The van der Waals surface area contributed by atoms with Crippen molar-refractivity contribution in [1.29, 1.82) is 0 Å². The number of aromatic nitrogens is 5. The van der Waals surface area contributed by atoms with Gasteiger partial charge in [-0.2, -0.15) is 14.9 Å². The second-order valence-electron chi connectivity index (χ2n) is 5.19. The monoisotopic (exact) mass is 355 g/mol. The highest BCUT2D eigenvalue weighted by Gasteiger charge is 2.17. The number of anilines is 1. The first-order chi connectivity index (χ1) is 12.5. The average Bonchev–Trinajstić information content (AvgIpc) is 3.20. The molecule has 2 aromatic heterocycles. The van der Waals surface area contributed by atoms with Crippen LogP contribution in [0.2, 0.25) is 0 Å². The Morgan fingerprint density at radius 2 is 2.23 bits per heavy atom. The fraction of sp³-hybridized carbons (Fsp3) is 0.143. The molecule has 0 saturated carbocycles. The van der Waals surface area contributed by atoms with Gasteiger partial charge in [0.05, 0.1) is 22.5 Å². The van der Waals surface area contributed by atoms with Gasteiger partial charge in [-0.25, -0.2) is 4.63 Å². The summed E-state index contributed by atoms with van der Waals surface area (Å²) in [7, 11) is 0. The number of hydrogen-bond acceptors (Lipinski definition) is 10. The largest absolute Gasteiger partial charge is 0.378 e. The lowest BCUT2D eigenvalue weighted by Crippen LogP contribution is -2.04. The van der Waals surface area contributed by atoms with Crippen LogP contribution in [0.15, 0.2) is 39.1 Å². The van der Waals surface area contributed by atoms with E-state index in [0.717, 1.165) is 0 Å². The summed E-state index contributed by atoms with van der Waals surface area (Å²) in [6.45, 7) is 3.46. The van der Waals surface area contributed by atoms with E-state index >= 15 is 0 Å². The lowest BCUT2D eigenvalue weighted by atomic mass is 10.2. The van der Waals surface area contributed by atoms with Crippen LogP contribution in [0.4, 0.5) is 11.5 Å². The number of hydrogen-bond donors (Lipinski definition) is 1. The Kier molecular flexibility index (Phi) is 4.47. The molecule has 0 aliphatic carbocycles. The second-order valence-corrected chi connectivity index (χ2v) is 5.19. The van der Waals surface area contributed by atoms with Gasteiger partial charge in [0.25, 0.3) is 5.69 Å². The molecule has 0 atom stereocenters. The molecule has 1 aromatic carbocycles. The number of rotatable bonds is 5. The summed E-state index contributed by atoms with van der Waals surface area (Å²) in [6, 6.07) is 6.06. The van der Waals surface area contributed by atoms with Crippen LogP contribution in [0.1, 0.15) is 23.9 Å². The first-order valence-corrected chi connectivity index (χ1v) is 7.30. The maximum atomic E-state index is 10.8. The Morgan fingerprint density at radius 1 is 1.42 bits per heavy atom. The third kappa shape index (κ3) is 3.28. The molecule has 0 aliphatic rings. The fourth-order valence-corrected chi connectivity index (χ4v) is 2.15. The number of nitro groups is 1. The van der Waals surface area contributed by atoms with Gasteiger partial charge in [-0.05, 0) is 24.2 Å². The van der Waals surface area contributed by atoms with E-state index in [1.54, 1.807) is 26.0 Å². The van der Waals surface area contributed by atoms with Crippen molar-refractivity contribution < 1.29 is 9.55 Å². The predicted molar refractivity (Wildman–Crippen MR) is 91.3 cm³/mol. The van der Waals surface area contributed by atoms with Crippen molar-refractivity contribution in [3.63, 3.8) is 0 Å². The van der Waals surface area contributed by atoms with Crippen molar-refractivity contribution in [2.45, 2.75) is 13.8 Å². The molecule has 0 amide bonds. The number of non-ortho nitro benzene ring substituents is 1. The van der Waals surface area contributed by atoms with E-state index in [2.05, 4.69) is 35.5 Å². The quantitative estimate of drug-likeness (QED) is 0.406. The Labute approximate surface area is 146 Å². The van der Waals surface area contributed by atoms with Gasteiger partial charge < -0.3 is 5.73 Å². The van der Waals surface area contributed by atoms with E-state index in [-0.39, 0.29) is 17.3 Å². The van der Waals surface area contributed by atoms with Crippen LogP contribution in [-0.2, 0) is 0 Å². The molecule has 3 rings (SSSR count). The number of nitrogens with zero attached hydrogens (tertiary/aromatic N) is 8. The van der Waals surface area contributed by atoms with Gasteiger partial charge in [-0.3, -0.25) is 10.1 Å². The molecule has 132 valence electrons. The molecule has 26 heavy (non-hydrogen) atoms. The highest BCUT2D eigenvalue weighted by molar-refractivity contribution is 5.98. The highest BCUT2D eigenvalue weighted by atomic mass is 16.6. The zero-order valence-electron chi connectivity index (χ0n) is 13.8. The fourth-order valence-electron chi connectivity index (χ4n) is 2.15. The van der Waals surface area contributed by atoms with Gasteiger partial charge in [0, 0.05) is 17.7 Å². The molecule has 0 saturated heterocycles. The zero-order chi connectivity index (χ0) is 18.7. The van der Waals surface area contributed by atoms with E-state index < -0.39 is 4.92 Å². The first kappa shape index (κ1) is 16.9. The maximum Gasteiger partial charge on any atom is 0.270 e. The molecule has 0 fully saturated rings. The van der Waals surface area contributed by atoms with Gasteiger partial charge in [0.2, 0.25) is 11.6 Å². The third-order valence-electron chi connectivity index (χ3n) is 3.43. The standard InChI is InChI=1S/C14H13N9O3/c1-8(17-16-7-10-4-3-5-11(6-10)23(24)25)12-9(2)22(21-18-12)14-13(15)19-26-20-14/h3-7H,1-2H3,(H2,15,19). The highest BCUT2D eigenvalue weighted by Crippen LogP contribution is 2.15. The molecule has 0 unspecified atom stereocenters. The van der Waals surface area contributed by atoms with E-state index in [4.69, 9.17) is 5.73 Å². The predicted octanol–water partition coefficient (Wildman–Crippen LogP) is 1.29. The van der Waals surface area contributed by atoms with Crippen LogP contribution < -0.4 is 5.73 Å². The number of benzene rings is 1. The molecule has 0 spiro atoms. The molecular formula is C14H13N9O3. The van der Waals surface area contributed by atoms with Crippen molar-refractivity contribution in [2.24, 2.45) is 10.2 Å². The summed E-state index contributed by atoms with van der Waals surface area (Å²) in [4.78, 5) is 10.3. The van der Waals surface area contributed by atoms with Gasteiger partial charge in [0.1, 0.15) is 5.69 Å². The van der Waals surface area contributed by atoms with Crippen LogP contribution in [0.3, 0.4) is 0 Å². The molecular weight excluding hydrogens is 342 g/mol. The van der Waals surface area contributed by atoms with Crippen molar-refractivity contribution in [2.75, 3.05) is 5.73 Å². The van der Waals surface area contributed by atoms with E-state index in [0.29, 0.717) is 22.7 Å². The third-order valence-corrected chi connectivity index (χ3v) is 3.43. The summed E-state index contributed by atoms with van der Waals surface area (Å²) in [5.74, 6) is 0.317.